The molecule has 1 aromatic carbocycles. The van der Waals surface area contributed by atoms with Crippen molar-refractivity contribution in [2.24, 2.45) is 0 Å². The van der Waals surface area contributed by atoms with E-state index in [2.05, 4.69) is 19.7 Å². The number of para-hydroxylation sites is 1. The maximum absolute atomic E-state index is 12.6. The summed E-state index contributed by atoms with van der Waals surface area (Å²) >= 11 is 1.57. The van der Waals surface area contributed by atoms with Crippen molar-refractivity contribution >= 4 is 34.6 Å². The minimum atomic E-state index is -0.357. The lowest BCUT2D eigenvalue weighted by Gasteiger charge is -2.27. The first-order chi connectivity index (χ1) is 15.2. The molecule has 0 spiro atoms. The van der Waals surface area contributed by atoms with Crippen LogP contribution in [0, 0.1) is 6.92 Å². The average Bonchev–Trinajstić information content (AvgIpc) is 3.56. The van der Waals surface area contributed by atoms with E-state index >= 15 is 0 Å². The highest BCUT2D eigenvalue weighted by Crippen LogP contribution is 2.41. The largest absolute Gasteiger partial charge is 0.465 e. The minimum Gasteiger partial charge on any atom is -0.465 e. The van der Waals surface area contributed by atoms with Crippen LogP contribution in [0.3, 0.4) is 0 Å². The van der Waals surface area contributed by atoms with E-state index in [1.54, 1.807) is 11.8 Å². The Morgan fingerprint density at radius 1 is 1.23 bits per heavy atom. The molecule has 0 amide bonds. The van der Waals surface area contributed by atoms with Gasteiger partial charge in [0.2, 0.25) is 5.95 Å². The first-order valence-corrected chi connectivity index (χ1v) is 11.5. The number of hydrogen-bond acceptors (Lipinski definition) is 8. The molecule has 0 bridgehead atoms. The second-order valence-electron chi connectivity index (χ2n) is 7.84. The molecular weight excluding hydrogens is 414 g/mol. The van der Waals surface area contributed by atoms with Crippen LogP contribution in [-0.2, 0) is 15.2 Å². The Balaban J connectivity index is 1.47. The molecule has 0 N–H and O–H groups in total. The fourth-order valence-corrected chi connectivity index (χ4v) is 4.99. The number of morpholine rings is 1. The molecule has 162 valence electrons. The highest BCUT2D eigenvalue weighted by atomic mass is 32.2. The lowest BCUT2D eigenvalue weighted by Crippen LogP contribution is -2.38. The lowest BCUT2D eigenvalue weighted by molar-refractivity contribution is 0.0598. The Labute approximate surface area is 184 Å². The monoisotopic (exact) mass is 439 g/mol. The van der Waals surface area contributed by atoms with E-state index in [4.69, 9.17) is 14.5 Å². The molecule has 2 aliphatic rings. The van der Waals surface area contributed by atoms with Gasteiger partial charge < -0.3 is 14.4 Å². The summed E-state index contributed by atoms with van der Waals surface area (Å²) < 4.78 is 12.8. The van der Waals surface area contributed by atoms with Gasteiger partial charge in [-0.15, -0.1) is 10.2 Å². The van der Waals surface area contributed by atoms with Gasteiger partial charge in [-0.05, 0) is 31.4 Å². The predicted molar refractivity (Wildman–Crippen MR) is 119 cm³/mol. The summed E-state index contributed by atoms with van der Waals surface area (Å²) in [4.78, 5) is 19.6. The number of fused-ring (bicyclic) bond motifs is 1. The second kappa shape index (κ2) is 8.47. The zero-order valence-corrected chi connectivity index (χ0v) is 18.5. The zero-order chi connectivity index (χ0) is 21.4. The molecule has 2 fully saturated rings. The SMILES string of the molecule is COC(=O)c1c(CSc2nnc(N3CCOCC3)n2C2CC2)nc2ccccc2c1C. The highest BCUT2D eigenvalue weighted by Gasteiger charge is 2.32. The van der Waals surface area contributed by atoms with Gasteiger partial charge in [-0.3, -0.25) is 9.55 Å². The van der Waals surface area contributed by atoms with Gasteiger partial charge in [-0.2, -0.15) is 0 Å². The van der Waals surface area contributed by atoms with Gasteiger partial charge in [-0.1, -0.05) is 30.0 Å². The summed E-state index contributed by atoms with van der Waals surface area (Å²) in [5.41, 5.74) is 3.03. The molecule has 1 saturated carbocycles. The number of aromatic nitrogens is 4. The molecule has 8 nitrogen and oxygen atoms in total. The maximum Gasteiger partial charge on any atom is 0.340 e. The standard InChI is InChI=1S/C22H25N5O3S/c1-14-16-5-3-4-6-17(16)23-18(19(14)20(28)29-2)13-31-22-25-24-21(27(22)15-7-8-15)26-9-11-30-12-10-26/h3-6,15H,7-13H2,1-2H3. The lowest BCUT2D eigenvalue weighted by atomic mass is 10.0. The molecule has 0 unspecified atom stereocenters. The molecule has 3 heterocycles. The van der Waals surface area contributed by atoms with E-state index in [-0.39, 0.29) is 5.97 Å². The molecule has 1 saturated heterocycles. The highest BCUT2D eigenvalue weighted by molar-refractivity contribution is 7.98. The van der Waals surface area contributed by atoms with E-state index in [1.807, 2.05) is 31.2 Å². The number of thioether (sulfide) groups is 1. The third kappa shape index (κ3) is 3.87. The van der Waals surface area contributed by atoms with Gasteiger partial charge in [0.15, 0.2) is 5.16 Å². The first-order valence-electron chi connectivity index (χ1n) is 10.5. The summed E-state index contributed by atoms with van der Waals surface area (Å²) in [5, 5.41) is 10.8. The Morgan fingerprint density at radius 2 is 2.00 bits per heavy atom. The van der Waals surface area contributed by atoms with Gasteiger partial charge in [0.25, 0.3) is 0 Å². The number of hydrogen-bond donors (Lipinski definition) is 0. The molecule has 2 aromatic heterocycles. The molecule has 9 heteroatoms. The van der Waals surface area contributed by atoms with Crippen LogP contribution in [0.5, 0.6) is 0 Å². The van der Waals surface area contributed by atoms with Crippen LogP contribution >= 0.6 is 11.8 Å². The van der Waals surface area contributed by atoms with Crippen LogP contribution in [0.15, 0.2) is 29.4 Å². The third-order valence-corrected chi connectivity index (χ3v) is 6.76. The predicted octanol–water partition coefficient (Wildman–Crippen LogP) is 3.39. The number of carbonyl (C=O) groups is 1. The van der Waals surface area contributed by atoms with Crippen LogP contribution in [0.2, 0.25) is 0 Å². The quantitative estimate of drug-likeness (QED) is 0.427. The Bertz CT molecular complexity index is 1120. The van der Waals surface area contributed by atoms with Crippen molar-refractivity contribution in [1.29, 1.82) is 0 Å². The van der Waals surface area contributed by atoms with Crippen LogP contribution < -0.4 is 4.90 Å². The topological polar surface area (TPSA) is 82.4 Å². The molecule has 5 rings (SSSR count). The Kier molecular flexibility index (Phi) is 5.54. The van der Waals surface area contributed by atoms with Gasteiger partial charge in [0, 0.05) is 30.3 Å². The summed E-state index contributed by atoms with van der Waals surface area (Å²) in [7, 11) is 1.41. The molecular formula is C22H25N5O3S. The molecule has 1 aliphatic heterocycles. The smallest absolute Gasteiger partial charge is 0.340 e. The molecule has 3 aromatic rings. The van der Waals surface area contributed by atoms with Crippen molar-refractivity contribution in [3.63, 3.8) is 0 Å². The summed E-state index contributed by atoms with van der Waals surface area (Å²) in [5.74, 6) is 1.08. The van der Waals surface area contributed by atoms with Crippen LogP contribution in [0.1, 0.15) is 40.5 Å². The normalized spacial score (nSPS) is 16.6. The molecule has 0 atom stereocenters. The van der Waals surface area contributed by atoms with Gasteiger partial charge in [0.05, 0.1) is 37.1 Å². The fraction of sp³-hybridized carbons (Fsp3) is 0.455. The number of aryl methyl sites for hydroxylation is 1. The van der Waals surface area contributed by atoms with E-state index < -0.39 is 0 Å². The first kappa shape index (κ1) is 20.3. The van der Waals surface area contributed by atoms with Crippen LogP contribution in [0.25, 0.3) is 10.9 Å². The molecule has 0 radical (unpaired) electrons. The fourth-order valence-electron chi connectivity index (χ4n) is 4.05. The number of ether oxygens (including phenoxy) is 2. The van der Waals surface area contributed by atoms with E-state index in [1.165, 1.54) is 7.11 Å². The number of esters is 1. The van der Waals surface area contributed by atoms with Gasteiger partial charge in [-0.25, -0.2) is 4.79 Å². The third-order valence-electron chi connectivity index (χ3n) is 5.81. The van der Waals surface area contributed by atoms with Crippen molar-refractivity contribution < 1.29 is 14.3 Å². The number of methoxy groups -OCH3 is 1. The van der Waals surface area contributed by atoms with E-state index in [9.17, 15) is 4.79 Å². The number of carbonyl (C=O) groups excluding carboxylic acids is 1. The van der Waals surface area contributed by atoms with Crippen molar-refractivity contribution in [1.82, 2.24) is 19.7 Å². The summed E-state index contributed by atoms with van der Waals surface area (Å²) in [6.45, 7) is 5.03. The Hall–Kier alpha value is -2.65. The van der Waals surface area contributed by atoms with E-state index in [0.29, 0.717) is 36.3 Å². The molecule has 1 aliphatic carbocycles. The number of nitrogens with zero attached hydrogens (tertiary/aromatic N) is 5. The number of anilines is 1. The van der Waals surface area contributed by atoms with Crippen molar-refractivity contribution in [3.05, 3.63) is 41.1 Å². The maximum atomic E-state index is 12.6. The summed E-state index contributed by atoms with van der Waals surface area (Å²) in [6, 6.07) is 8.32. The number of pyridine rings is 1. The van der Waals surface area contributed by atoms with Gasteiger partial charge >= 0.3 is 5.97 Å². The average molecular weight is 440 g/mol. The van der Waals surface area contributed by atoms with E-state index in [0.717, 1.165) is 53.5 Å². The van der Waals surface area contributed by atoms with Crippen molar-refractivity contribution in [3.8, 4) is 0 Å². The van der Waals surface area contributed by atoms with Crippen LogP contribution in [0.4, 0.5) is 5.95 Å². The van der Waals surface area contributed by atoms with Crippen molar-refractivity contribution in [2.45, 2.75) is 36.7 Å². The summed E-state index contributed by atoms with van der Waals surface area (Å²) in [6.07, 6.45) is 2.29. The second-order valence-corrected chi connectivity index (χ2v) is 8.78. The zero-order valence-electron chi connectivity index (χ0n) is 17.7. The van der Waals surface area contributed by atoms with Crippen LogP contribution in [-0.4, -0.2) is 59.1 Å². The number of benzene rings is 1. The number of rotatable bonds is 6. The van der Waals surface area contributed by atoms with Crippen molar-refractivity contribution in [2.75, 3.05) is 38.3 Å². The minimum absolute atomic E-state index is 0.357. The molecule has 31 heavy (non-hydrogen) atoms. The Morgan fingerprint density at radius 3 is 2.74 bits per heavy atom. The van der Waals surface area contributed by atoms with Gasteiger partial charge in [0.1, 0.15) is 0 Å².